The van der Waals surface area contributed by atoms with Gasteiger partial charge in [-0.15, -0.1) is 0 Å². The molecule has 6 nitrogen and oxygen atoms in total. The Kier molecular flexibility index (Phi) is 6.48. The van der Waals surface area contributed by atoms with Gasteiger partial charge >= 0.3 is 12.0 Å². The second kappa shape index (κ2) is 8.37. The van der Waals surface area contributed by atoms with E-state index in [1.165, 1.54) is 0 Å². The molecule has 130 valence electrons. The van der Waals surface area contributed by atoms with Gasteiger partial charge in [-0.1, -0.05) is 29.3 Å². The van der Waals surface area contributed by atoms with Crippen LogP contribution in [0.2, 0.25) is 10.0 Å². The molecule has 0 saturated carbocycles. The van der Waals surface area contributed by atoms with Gasteiger partial charge in [-0.3, -0.25) is 0 Å². The van der Waals surface area contributed by atoms with Crippen LogP contribution in [0, 0.1) is 0 Å². The van der Waals surface area contributed by atoms with E-state index in [9.17, 15) is 9.59 Å². The standard InChI is InChI=1S/C16H18Cl2N2O4/c1-3-23-6-7-24-15(21)13-9(2)19-16(22)20-14(13)10-4-5-11(17)12(18)8-10/h4-5,8,14H,3,6-7H2,1-2H3,(H2,19,20,22)/t14-/m1/s1. The number of hydrogen-bond acceptors (Lipinski definition) is 4. The van der Waals surface area contributed by atoms with Gasteiger partial charge in [-0.2, -0.15) is 0 Å². The summed E-state index contributed by atoms with van der Waals surface area (Å²) in [5, 5.41) is 6.00. The van der Waals surface area contributed by atoms with Gasteiger partial charge in [0.15, 0.2) is 0 Å². The molecule has 0 bridgehead atoms. The van der Waals surface area contributed by atoms with Crippen molar-refractivity contribution in [2.24, 2.45) is 0 Å². The van der Waals surface area contributed by atoms with Gasteiger partial charge in [0, 0.05) is 12.3 Å². The van der Waals surface area contributed by atoms with Crippen molar-refractivity contribution >= 4 is 35.2 Å². The van der Waals surface area contributed by atoms with Crippen molar-refractivity contribution in [3.8, 4) is 0 Å². The van der Waals surface area contributed by atoms with Gasteiger partial charge in [0.05, 0.1) is 28.3 Å². The highest BCUT2D eigenvalue weighted by Crippen LogP contribution is 2.31. The molecule has 0 aromatic heterocycles. The van der Waals surface area contributed by atoms with Crippen LogP contribution in [0.1, 0.15) is 25.5 Å². The van der Waals surface area contributed by atoms with Gasteiger partial charge in [0.25, 0.3) is 0 Å². The van der Waals surface area contributed by atoms with E-state index in [0.717, 1.165) is 0 Å². The van der Waals surface area contributed by atoms with E-state index in [4.69, 9.17) is 32.7 Å². The quantitative estimate of drug-likeness (QED) is 0.593. The van der Waals surface area contributed by atoms with Crippen LogP contribution in [0.4, 0.5) is 4.79 Å². The molecule has 2 amide bonds. The van der Waals surface area contributed by atoms with E-state index < -0.39 is 18.0 Å². The van der Waals surface area contributed by atoms with Crippen LogP contribution < -0.4 is 10.6 Å². The van der Waals surface area contributed by atoms with Gasteiger partial charge in [-0.25, -0.2) is 9.59 Å². The predicted molar refractivity (Wildman–Crippen MR) is 91.0 cm³/mol. The van der Waals surface area contributed by atoms with Gasteiger partial charge in [-0.05, 0) is 31.5 Å². The Balaban J connectivity index is 2.26. The molecule has 1 aromatic carbocycles. The van der Waals surface area contributed by atoms with E-state index in [-0.39, 0.29) is 6.61 Å². The molecule has 1 aromatic rings. The molecule has 1 aliphatic rings. The molecular formula is C16H18Cl2N2O4. The molecule has 0 saturated heterocycles. The van der Waals surface area contributed by atoms with Crippen LogP contribution in [0.3, 0.4) is 0 Å². The highest BCUT2D eigenvalue weighted by atomic mass is 35.5. The maximum Gasteiger partial charge on any atom is 0.338 e. The lowest BCUT2D eigenvalue weighted by Gasteiger charge is -2.28. The lowest BCUT2D eigenvalue weighted by Crippen LogP contribution is -2.45. The first-order chi connectivity index (χ1) is 11.4. The third-order valence-corrected chi connectivity index (χ3v) is 4.17. The fourth-order valence-corrected chi connectivity index (χ4v) is 2.63. The molecule has 0 unspecified atom stereocenters. The summed E-state index contributed by atoms with van der Waals surface area (Å²) in [4.78, 5) is 24.2. The largest absolute Gasteiger partial charge is 0.460 e. The zero-order chi connectivity index (χ0) is 17.7. The number of rotatable bonds is 6. The lowest BCUT2D eigenvalue weighted by molar-refractivity contribution is -0.141. The van der Waals surface area contributed by atoms with Crippen LogP contribution in [0.15, 0.2) is 29.5 Å². The van der Waals surface area contributed by atoms with Gasteiger partial charge in [0.2, 0.25) is 0 Å². The van der Waals surface area contributed by atoms with Gasteiger partial charge < -0.3 is 20.1 Å². The number of carbonyl (C=O) groups is 2. The van der Waals surface area contributed by atoms with Crippen molar-refractivity contribution < 1.29 is 19.1 Å². The molecule has 1 aliphatic heterocycles. The van der Waals surface area contributed by atoms with Crippen molar-refractivity contribution in [2.45, 2.75) is 19.9 Å². The Morgan fingerprint density at radius 3 is 2.67 bits per heavy atom. The molecule has 2 rings (SSSR count). The molecule has 0 spiro atoms. The number of halogens is 2. The Bertz CT molecular complexity index is 676. The Morgan fingerprint density at radius 2 is 2.00 bits per heavy atom. The van der Waals surface area contributed by atoms with Crippen molar-refractivity contribution in [3.63, 3.8) is 0 Å². The van der Waals surface area contributed by atoms with Gasteiger partial charge in [0.1, 0.15) is 6.61 Å². The fraction of sp³-hybridized carbons (Fsp3) is 0.375. The Labute approximate surface area is 150 Å². The zero-order valence-corrected chi connectivity index (χ0v) is 14.8. The third kappa shape index (κ3) is 4.41. The molecule has 1 heterocycles. The smallest absolute Gasteiger partial charge is 0.338 e. The first kappa shape index (κ1) is 18.6. The maximum atomic E-state index is 12.4. The van der Waals surface area contributed by atoms with E-state index >= 15 is 0 Å². The molecule has 0 fully saturated rings. The van der Waals surface area contributed by atoms with Crippen LogP contribution in [0.5, 0.6) is 0 Å². The predicted octanol–water partition coefficient (Wildman–Crippen LogP) is 3.20. The van der Waals surface area contributed by atoms with Crippen molar-refractivity contribution in [3.05, 3.63) is 45.1 Å². The first-order valence-corrected chi connectivity index (χ1v) is 8.17. The minimum absolute atomic E-state index is 0.130. The monoisotopic (exact) mass is 372 g/mol. The van der Waals surface area contributed by atoms with E-state index in [2.05, 4.69) is 10.6 Å². The summed E-state index contributed by atoms with van der Waals surface area (Å²) in [5.41, 5.74) is 1.37. The minimum atomic E-state index is -0.673. The van der Waals surface area contributed by atoms with Crippen LogP contribution in [0.25, 0.3) is 0 Å². The topological polar surface area (TPSA) is 76.7 Å². The van der Waals surface area contributed by atoms with E-state index in [0.29, 0.717) is 40.1 Å². The fourth-order valence-electron chi connectivity index (χ4n) is 2.32. The number of amides is 2. The number of hydrogen-bond donors (Lipinski definition) is 2. The Morgan fingerprint density at radius 1 is 1.25 bits per heavy atom. The van der Waals surface area contributed by atoms with Crippen LogP contribution in [-0.4, -0.2) is 31.8 Å². The second-order valence-corrected chi connectivity index (χ2v) is 5.89. The summed E-state index contributed by atoms with van der Waals surface area (Å²) >= 11 is 12.0. The number of esters is 1. The van der Waals surface area contributed by atoms with Crippen molar-refractivity contribution in [2.75, 3.05) is 19.8 Å². The normalized spacial score (nSPS) is 17.3. The summed E-state index contributed by atoms with van der Waals surface area (Å²) in [6, 6.07) is 3.84. The number of allylic oxidation sites excluding steroid dienone is 1. The Hall–Kier alpha value is -1.76. The molecule has 8 heteroatoms. The highest BCUT2D eigenvalue weighted by molar-refractivity contribution is 6.42. The van der Waals surface area contributed by atoms with Crippen molar-refractivity contribution in [1.29, 1.82) is 0 Å². The number of nitrogens with one attached hydrogen (secondary N) is 2. The SMILES string of the molecule is CCOCCOC(=O)C1=C(C)NC(=O)N[C@@H]1c1ccc(Cl)c(Cl)c1. The number of ether oxygens (including phenoxy) is 2. The van der Waals surface area contributed by atoms with E-state index in [1.54, 1.807) is 25.1 Å². The molecular weight excluding hydrogens is 355 g/mol. The average molecular weight is 373 g/mol. The van der Waals surface area contributed by atoms with E-state index in [1.807, 2.05) is 6.92 Å². The summed E-state index contributed by atoms with van der Waals surface area (Å²) in [7, 11) is 0. The summed E-state index contributed by atoms with van der Waals surface area (Å²) in [5.74, 6) is -0.532. The zero-order valence-electron chi connectivity index (χ0n) is 13.3. The average Bonchev–Trinajstić information content (AvgIpc) is 2.53. The number of urea groups is 1. The summed E-state index contributed by atoms with van der Waals surface area (Å²) < 4.78 is 10.4. The summed E-state index contributed by atoms with van der Waals surface area (Å²) in [6.07, 6.45) is 0. The molecule has 2 N–H and O–H groups in total. The number of benzene rings is 1. The van der Waals surface area contributed by atoms with Crippen LogP contribution in [-0.2, 0) is 14.3 Å². The summed E-state index contributed by atoms with van der Waals surface area (Å²) in [6.45, 7) is 4.48. The third-order valence-electron chi connectivity index (χ3n) is 3.43. The molecule has 1 atom stereocenters. The minimum Gasteiger partial charge on any atom is -0.460 e. The molecule has 24 heavy (non-hydrogen) atoms. The maximum absolute atomic E-state index is 12.4. The van der Waals surface area contributed by atoms with Crippen molar-refractivity contribution in [1.82, 2.24) is 10.6 Å². The molecule has 0 radical (unpaired) electrons. The highest BCUT2D eigenvalue weighted by Gasteiger charge is 2.32. The molecule has 0 aliphatic carbocycles. The second-order valence-electron chi connectivity index (χ2n) is 5.08. The number of carbonyl (C=O) groups excluding carboxylic acids is 2. The van der Waals surface area contributed by atoms with Crippen LogP contribution >= 0.6 is 23.2 Å². The first-order valence-electron chi connectivity index (χ1n) is 7.42. The lowest BCUT2D eigenvalue weighted by atomic mass is 9.95.